The molecule has 3 aromatic rings. The zero-order valence-electron chi connectivity index (χ0n) is 13.8. The molecule has 0 amide bonds. The summed E-state index contributed by atoms with van der Waals surface area (Å²) in [6.45, 7) is 0. The van der Waals surface area contributed by atoms with E-state index in [-0.39, 0.29) is 16.4 Å². The van der Waals surface area contributed by atoms with Gasteiger partial charge in [-0.15, -0.1) is 0 Å². The third kappa shape index (κ3) is 4.32. The Labute approximate surface area is 152 Å². The number of hydrogen-bond acceptors (Lipinski definition) is 2. The largest absolute Gasteiger partial charge is 0.282 e. The summed E-state index contributed by atoms with van der Waals surface area (Å²) in [5.74, 6) is -0.387. The van der Waals surface area contributed by atoms with E-state index in [1.807, 2.05) is 6.07 Å². The molecule has 26 heavy (non-hydrogen) atoms. The minimum atomic E-state index is -3.88. The van der Waals surface area contributed by atoms with E-state index in [1.165, 1.54) is 30.4 Å². The molecule has 0 N–H and O–H groups in total. The molecule has 0 fully saturated rings. The maximum absolute atomic E-state index is 13.8. The molecule has 0 heterocycles. The van der Waals surface area contributed by atoms with Crippen molar-refractivity contribution < 1.29 is 12.8 Å². The third-order valence-corrected chi connectivity index (χ3v) is 4.96. The topological polar surface area (TPSA) is 46.5 Å². The van der Waals surface area contributed by atoms with Crippen LogP contribution in [0, 0.1) is 5.82 Å². The lowest BCUT2D eigenvalue weighted by molar-refractivity contribution is 0.598. The predicted octanol–water partition coefficient (Wildman–Crippen LogP) is 4.72. The highest BCUT2D eigenvalue weighted by molar-refractivity contribution is 7.90. The Morgan fingerprint density at radius 2 is 1.38 bits per heavy atom. The Morgan fingerprint density at radius 1 is 0.808 bits per heavy atom. The van der Waals surface area contributed by atoms with Crippen LogP contribution in [0.1, 0.15) is 11.1 Å². The average Bonchev–Trinajstić information content (AvgIpc) is 2.67. The monoisotopic (exact) mass is 365 g/mol. The molecule has 0 bridgehead atoms. The number of allylic oxidation sites excluding steroid dienone is 1. The van der Waals surface area contributed by atoms with Crippen LogP contribution in [0.15, 0.2) is 100 Å². The summed E-state index contributed by atoms with van der Waals surface area (Å²) in [5, 5.41) is 0. The summed E-state index contributed by atoms with van der Waals surface area (Å²) in [7, 11) is -3.88. The number of rotatable bonds is 5. The number of benzene rings is 3. The van der Waals surface area contributed by atoms with E-state index in [0.29, 0.717) is 11.1 Å². The van der Waals surface area contributed by atoms with Gasteiger partial charge in [-0.3, -0.25) is 0 Å². The van der Waals surface area contributed by atoms with Crippen LogP contribution >= 0.6 is 0 Å². The maximum Gasteiger partial charge on any atom is 0.282 e. The van der Waals surface area contributed by atoms with Gasteiger partial charge in [0.1, 0.15) is 5.82 Å². The Morgan fingerprint density at radius 3 is 2.04 bits per heavy atom. The van der Waals surface area contributed by atoms with E-state index < -0.39 is 10.0 Å². The van der Waals surface area contributed by atoms with Gasteiger partial charge in [-0.25, -0.2) is 4.39 Å². The second kappa shape index (κ2) is 7.89. The van der Waals surface area contributed by atoms with Gasteiger partial charge in [-0.1, -0.05) is 66.7 Å². The average molecular weight is 365 g/mol. The number of halogens is 1. The molecule has 0 aliphatic carbocycles. The van der Waals surface area contributed by atoms with Gasteiger partial charge in [0, 0.05) is 11.1 Å². The van der Waals surface area contributed by atoms with Crippen LogP contribution in [-0.4, -0.2) is 14.1 Å². The lowest BCUT2D eigenvalue weighted by atomic mass is 10.1. The molecule has 0 aromatic heterocycles. The second-order valence-corrected chi connectivity index (χ2v) is 7.09. The molecule has 0 aliphatic rings. The van der Waals surface area contributed by atoms with Crippen LogP contribution in [-0.2, 0) is 10.0 Å². The number of nitrogens with zero attached hydrogens (tertiary/aromatic N) is 1. The smallest absolute Gasteiger partial charge is 0.206 e. The fourth-order valence-corrected chi connectivity index (χ4v) is 3.37. The van der Waals surface area contributed by atoms with Gasteiger partial charge in [0.25, 0.3) is 10.0 Å². The quantitative estimate of drug-likeness (QED) is 0.614. The summed E-state index contributed by atoms with van der Waals surface area (Å²) < 4.78 is 43.0. The molecule has 0 spiro atoms. The van der Waals surface area contributed by atoms with Crippen molar-refractivity contribution in [3.8, 4) is 0 Å². The van der Waals surface area contributed by atoms with Crippen molar-refractivity contribution in [3.05, 3.63) is 108 Å². The Hall–Kier alpha value is -3.05. The molecular weight excluding hydrogens is 349 g/mol. The minimum absolute atomic E-state index is 0.104. The molecule has 0 saturated heterocycles. The molecule has 5 heteroatoms. The molecule has 3 nitrogen and oxygen atoms in total. The van der Waals surface area contributed by atoms with Gasteiger partial charge < -0.3 is 0 Å². The lowest BCUT2D eigenvalue weighted by Crippen LogP contribution is -2.04. The summed E-state index contributed by atoms with van der Waals surface area (Å²) in [5.41, 5.74) is 1.21. The van der Waals surface area contributed by atoms with Gasteiger partial charge >= 0.3 is 0 Å². The summed E-state index contributed by atoms with van der Waals surface area (Å²) in [4.78, 5) is 0.104. The first-order valence-electron chi connectivity index (χ1n) is 7.94. The van der Waals surface area contributed by atoms with Crippen molar-refractivity contribution in [2.45, 2.75) is 4.90 Å². The lowest BCUT2D eigenvalue weighted by Gasteiger charge is -2.04. The second-order valence-electron chi connectivity index (χ2n) is 5.49. The summed E-state index contributed by atoms with van der Waals surface area (Å²) in [6.07, 6.45) is 3.02. The van der Waals surface area contributed by atoms with E-state index in [0.717, 1.165) is 0 Å². The van der Waals surface area contributed by atoms with Crippen molar-refractivity contribution in [1.82, 2.24) is 0 Å². The zero-order chi connectivity index (χ0) is 18.4. The van der Waals surface area contributed by atoms with Crippen LogP contribution in [0.4, 0.5) is 4.39 Å². The highest BCUT2D eigenvalue weighted by atomic mass is 32.2. The number of sulfonamides is 1. The first kappa shape index (κ1) is 17.8. The minimum Gasteiger partial charge on any atom is -0.206 e. The van der Waals surface area contributed by atoms with Crippen LogP contribution in [0.5, 0.6) is 0 Å². The first-order valence-corrected chi connectivity index (χ1v) is 9.38. The van der Waals surface area contributed by atoms with Gasteiger partial charge in [0.05, 0.1) is 10.6 Å². The predicted molar refractivity (Wildman–Crippen MR) is 102 cm³/mol. The van der Waals surface area contributed by atoms with Crippen molar-refractivity contribution >= 4 is 21.8 Å². The molecule has 130 valence electrons. The van der Waals surface area contributed by atoms with E-state index in [4.69, 9.17) is 0 Å². The van der Waals surface area contributed by atoms with Crippen LogP contribution in [0.2, 0.25) is 0 Å². The SMILES string of the molecule is O=S(=O)(/N=C(/C=C/c1ccccc1F)c1ccccc1)c1ccccc1. The molecule has 0 aliphatic heterocycles. The Kier molecular flexibility index (Phi) is 5.39. The van der Waals surface area contributed by atoms with Crippen molar-refractivity contribution in [1.29, 1.82) is 0 Å². The van der Waals surface area contributed by atoms with Crippen LogP contribution in [0.3, 0.4) is 0 Å². The molecule has 0 radical (unpaired) electrons. The van der Waals surface area contributed by atoms with Crippen LogP contribution < -0.4 is 0 Å². The van der Waals surface area contributed by atoms with E-state index >= 15 is 0 Å². The fourth-order valence-electron chi connectivity index (χ4n) is 2.34. The van der Waals surface area contributed by atoms with Gasteiger partial charge in [0.2, 0.25) is 0 Å². The third-order valence-electron chi connectivity index (χ3n) is 3.66. The highest BCUT2D eigenvalue weighted by Gasteiger charge is 2.14. The maximum atomic E-state index is 13.8. The Balaban J connectivity index is 2.06. The first-order chi connectivity index (χ1) is 12.6. The van der Waals surface area contributed by atoms with E-state index in [9.17, 15) is 12.8 Å². The van der Waals surface area contributed by atoms with Crippen molar-refractivity contribution in [2.75, 3.05) is 0 Å². The molecule has 0 unspecified atom stereocenters. The van der Waals surface area contributed by atoms with E-state index in [1.54, 1.807) is 60.7 Å². The molecule has 0 saturated carbocycles. The highest BCUT2D eigenvalue weighted by Crippen LogP contribution is 2.15. The Bertz CT molecular complexity index is 1040. The summed E-state index contributed by atoms with van der Waals surface area (Å²) >= 11 is 0. The molecule has 3 rings (SSSR count). The van der Waals surface area contributed by atoms with E-state index in [2.05, 4.69) is 4.40 Å². The van der Waals surface area contributed by atoms with Crippen molar-refractivity contribution in [3.63, 3.8) is 0 Å². The normalized spacial score (nSPS) is 12.4. The fraction of sp³-hybridized carbons (Fsp3) is 0. The van der Waals surface area contributed by atoms with Crippen LogP contribution in [0.25, 0.3) is 6.08 Å². The summed E-state index contributed by atoms with van der Waals surface area (Å²) in [6, 6.07) is 23.2. The molecule has 0 atom stereocenters. The standard InChI is InChI=1S/C21H16FNO2S/c22-20-14-8-7-9-17(20)15-16-21(18-10-3-1-4-11-18)23-26(24,25)19-12-5-2-6-13-19/h1-16H/b16-15+,23-21-. The van der Waals surface area contributed by atoms with Gasteiger partial charge in [0.15, 0.2) is 0 Å². The zero-order valence-corrected chi connectivity index (χ0v) is 14.6. The molecular formula is C21H16FNO2S. The molecule has 3 aromatic carbocycles. The number of hydrogen-bond donors (Lipinski definition) is 0. The van der Waals surface area contributed by atoms with Gasteiger partial charge in [-0.05, 0) is 30.4 Å². The van der Waals surface area contributed by atoms with Crippen molar-refractivity contribution in [2.24, 2.45) is 4.40 Å². The van der Waals surface area contributed by atoms with Gasteiger partial charge in [-0.2, -0.15) is 12.8 Å².